The number of benzene rings is 2. The molecule has 0 aliphatic rings. The van der Waals surface area contributed by atoms with Crippen molar-refractivity contribution < 1.29 is 36.2 Å². The molecule has 0 radical (unpaired) electrons. The van der Waals surface area contributed by atoms with E-state index in [-0.39, 0.29) is 13.2 Å². The molecule has 0 aliphatic carbocycles. The second kappa shape index (κ2) is 9.60. The van der Waals surface area contributed by atoms with Crippen LogP contribution in [-0.2, 0) is 32.0 Å². The molecular weight excluding hydrogens is 433 g/mol. The van der Waals surface area contributed by atoms with Crippen LogP contribution in [0.2, 0.25) is 5.02 Å². The molecule has 5 nitrogen and oxygen atoms in total. The van der Waals surface area contributed by atoms with Gasteiger partial charge in [0, 0.05) is 11.6 Å². The lowest BCUT2D eigenvalue weighted by Gasteiger charge is -2.15. The zero-order valence-electron chi connectivity index (χ0n) is 15.0. The summed E-state index contributed by atoms with van der Waals surface area (Å²) in [4.78, 5) is 10.8. The lowest BCUT2D eigenvalue weighted by Crippen LogP contribution is -2.32. The Morgan fingerprint density at radius 1 is 1.10 bits per heavy atom. The Morgan fingerprint density at radius 2 is 1.76 bits per heavy atom. The number of ether oxygens (including phenoxy) is 1. The van der Waals surface area contributed by atoms with E-state index < -0.39 is 44.1 Å². The number of alkyl halides is 3. The standard InChI is InChI=1S/C19H18ClF3O5S/c20-15-6-4-13(5-7-15)8-10-28-11-9-17(18(24)25)29(26,27)16-3-1-2-14(12-16)19(21,22)23/h1-7,12,17H,8-11H2,(H,24,25). The maximum atomic E-state index is 12.8. The molecule has 0 aliphatic heterocycles. The van der Waals surface area contributed by atoms with Gasteiger partial charge in [0.05, 0.1) is 17.1 Å². The number of hydrogen-bond acceptors (Lipinski definition) is 4. The van der Waals surface area contributed by atoms with Gasteiger partial charge in [-0.25, -0.2) is 8.42 Å². The third-order valence-electron chi connectivity index (χ3n) is 4.11. The van der Waals surface area contributed by atoms with Crippen molar-refractivity contribution in [2.75, 3.05) is 13.2 Å². The van der Waals surface area contributed by atoms with Gasteiger partial charge >= 0.3 is 12.1 Å². The summed E-state index contributed by atoms with van der Waals surface area (Å²) in [5.74, 6) is -1.65. The van der Waals surface area contributed by atoms with Crippen molar-refractivity contribution in [1.82, 2.24) is 0 Å². The van der Waals surface area contributed by atoms with Crippen LogP contribution in [0.3, 0.4) is 0 Å². The molecule has 1 N–H and O–H groups in total. The first-order valence-corrected chi connectivity index (χ1v) is 10.4. The monoisotopic (exact) mass is 450 g/mol. The predicted octanol–water partition coefficient (Wildman–Crippen LogP) is 4.24. The molecule has 1 atom stereocenters. The van der Waals surface area contributed by atoms with Crippen molar-refractivity contribution in [3.05, 3.63) is 64.7 Å². The summed E-state index contributed by atoms with van der Waals surface area (Å²) in [5.41, 5.74) is -0.234. The summed E-state index contributed by atoms with van der Waals surface area (Å²) >= 11 is 5.78. The van der Waals surface area contributed by atoms with Gasteiger partial charge in [-0.3, -0.25) is 4.79 Å². The molecule has 0 aromatic heterocycles. The number of carbonyl (C=O) groups is 1. The maximum Gasteiger partial charge on any atom is 0.416 e. The van der Waals surface area contributed by atoms with Crippen LogP contribution in [-0.4, -0.2) is 38.0 Å². The van der Waals surface area contributed by atoms with Crippen LogP contribution in [0.25, 0.3) is 0 Å². The van der Waals surface area contributed by atoms with Crippen molar-refractivity contribution in [2.45, 2.75) is 29.2 Å². The van der Waals surface area contributed by atoms with Crippen molar-refractivity contribution in [3.8, 4) is 0 Å². The first-order chi connectivity index (χ1) is 13.5. The van der Waals surface area contributed by atoms with E-state index in [0.29, 0.717) is 23.6 Å². The molecule has 0 saturated carbocycles. The van der Waals surface area contributed by atoms with E-state index in [2.05, 4.69) is 0 Å². The van der Waals surface area contributed by atoms with Crippen LogP contribution in [0.15, 0.2) is 53.4 Å². The second-order valence-electron chi connectivity index (χ2n) is 6.17. The quantitative estimate of drug-likeness (QED) is 0.578. The van der Waals surface area contributed by atoms with Crippen molar-refractivity contribution in [3.63, 3.8) is 0 Å². The van der Waals surface area contributed by atoms with E-state index in [1.807, 2.05) is 0 Å². The molecule has 0 bridgehead atoms. The first kappa shape index (κ1) is 23.2. The van der Waals surface area contributed by atoms with E-state index in [1.54, 1.807) is 24.3 Å². The molecule has 0 saturated heterocycles. The van der Waals surface area contributed by atoms with Crippen LogP contribution in [0.5, 0.6) is 0 Å². The number of carboxylic acids is 1. The lowest BCUT2D eigenvalue weighted by molar-refractivity contribution is -0.138. The van der Waals surface area contributed by atoms with Crippen LogP contribution in [0.4, 0.5) is 13.2 Å². The molecule has 158 valence electrons. The number of rotatable bonds is 9. The average molecular weight is 451 g/mol. The lowest BCUT2D eigenvalue weighted by atomic mass is 10.2. The third kappa shape index (κ3) is 6.45. The summed E-state index contributed by atoms with van der Waals surface area (Å²) in [6, 6.07) is 10.0. The van der Waals surface area contributed by atoms with E-state index in [0.717, 1.165) is 17.7 Å². The topological polar surface area (TPSA) is 80.7 Å². The third-order valence-corrected chi connectivity index (χ3v) is 6.46. The Labute approximate surface area is 171 Å². The Hall–Kier alpha value is -2.10. The summed E-state index contributed by atoms with van der Waals surface area (Å²) < 4.78 is 68.9. The maximum absolute atomic E-state index is 12.8. The van der Waals surface area contributed by atoms with Crippen LogP contribution < -0.4 is 0 Å². The molecule has 2 aromatic carbocycles. The zero-order valence-corrected chi connectivity index (χ0v) is 16.6. The Morgan fingerprint density at radius 3 is 2.34 bits per heavy atom. The molecular formula is C19H18ClF3O5S. The van der Waals surface area contributed by atoms with Gasteiger partial charge in [-0.1, -0.05) is 29.8 Å². The molecule has 10 heteroatoms. The van der Waals surface area contributed by atoms with Gasteiger partial charge in [-0.2, -0.15) is 13.2 Å². The zero-order chi connectivity index (χ0) is 21.7. The Bertz CT molecular complexity index is 943. The predicted molar refractivity (Wildman–Crippen MR) is 101 cm³/mol. The van der Waals surface area contributed by atoms with Gasteiger partial charge in [0.25, 0.3) is 0 Å². The highest BCUT2D eigenvalue weighted by Gasteiger charge is 2.36. The number of aliphatic carboxylic acids is 1. The summed E-state index contributed by atoms with van der Waals surface area (Å²) in [6.45, 7) is 0.0420. The molecule has 2 rings (SSSR count). The fraction of sp³-hybridized carbons (Fsp3) is 0.316. The highest BCUT2D eigenvalue weighted by Crippen LogP contribution is 2.31. The van der Waals surface area contributed by atoms with Crippen molar-refractivity contribution in [1.29, 1.82) is 0 Å². The molecule has 0 fully saturated rings. The first-order valence-electron chi connectivity index (χ1n) is 8.48. The minimum absolute atomic E-state index is 0.178. The summed E-state index contributed by atoms with van der Waals surface area (Å²) in [6.07, 6.45) is -4.63. The number of carboxylic acid groups (broad SMARTS) is 1. The molecule has 0 amide bonds. The largest absolute Gasteiger partial charge is 0.480 e. The van der Waals surface area contributed by atoms with Gasteiger partial charge in [-0.05, 0) is 48.7 Å². The van der Waals surface area contributed by atoms with Crippen LogP contribution in [0, 0.1) is 0 Å². The average Bonchev–Trinajstić information content (AvgIpc) is 2.65. The van der Waals surface area contributed by atoms with Crippen molar-refractivity contribution >= 4 is 27.4 Å². The fourth-order valence-corrected chi connectivity index (χ4v) is 4.24. The minimum atomic E-state index is -4.74. The van der Waals surface area contributed by atoms with Gasteiger partial charge in [-0.15, -0.1) is 0 Å². The summed E-state index contributed by atoms with van der Waals surface area (Å²) in [7, 11) is -4.52. The van der Waals surface area contributed by atoms with Gasteiger partial charge in [0.2, 0.25) is 0 Å². The number of hydrogen-bond donors (Lipinski definition) is 1. The van der Waals surface area contributed by atoms with Gasteiger partial charge < -0.3 is 9.84 Å². The van der Waals surface area contributed by atoms with Gasteiger partial charge in [0.1, 0.15) is 0 Å². The molecule has 0 heterocycles. The van der Waals surface area contributed by atoms with E-state index in [1.165, 1.54) is 0 Å². The number of halogens is 4. The van der Waals surface area contributed by atoms with Gasteiger partial charge in [0.15, 0.2) is 15.1 Å². The highest BCUT2D eigenvalue weighted by molar-refractivity contribution is 7.92. The van der Waals surface area contributed by atoms with E-state index in [4.69, 9.17) is 16.3 Å². The van der Waals surface area contributed by atoms with E-state index >= 15 is 0 Å². The second-order valence-corrected chi connectivity index (χ2v) is 8.74. The van der Waals surface area contributed by atoms with E-state index in [9.17, 15) is 31.5 Å². The van der Waals surface area contributed by atoms with Crippen molar-refractivity contribution in [2.24, 2.45) is 0 Å². The minimum Gasteiger partial charge on any atom is -0.480 e. The van der Waals surface area contributed by atoms with Crippen LogP contribution in [0.1, 0.15) is 17.5 Å². The summed E-state index contributed by atoms with van der Waals surface area (Å²) in [5, 5.41) is 7.96. The molecule has 29 heavy (non-hydrogen) atoms. The highest BCUT2D eigenvalue weighted by atomic mass is 35.5. The SMILES string of the molecule is O=C(O)C(CCOCCc1ccc(Cl)cc1)S(=O)(=O)c1cccc(C(F)(F)F)c1. The Kier molecular flexibility index (Phi) is 7.67. The smallest absolute Gasteiger partial charge is 0.416 e. The fourth-order valence-electron chi connectivity index (χ4n) is 2.56. The normalized spacial score (nSPS) is 13.2. The molecule has 0 spiro atoms. The molecule has 1 unspecified atom stereocenters. The number of sulfone groups is 1. The Balaban J connectivity index is 2.01. The molecule has 2 aromatic rings. The van der Waals surface area contributed by atoms with Crippen LogP contribution >= 0.6 is 11.6 Å².